The SMILES string of the molecule is CCONC(=O)c1cc(Br)ccc1C. The fraction of sp³-hybridized carbons (Fsp3) is 0.300. The van der Waals surface area contributed by atoms with Crippen molar-refractivity contribution in [1.82, 2.24) is 5.48 Å². The van der Waals surface area contributed by atoms with Crippen molar-refractivity contribution in [2.75, 3.05) is 6.61 Å². The highest BCUT2D eigenvalue weighted by Crippen LogP contribution is 2.15. The van der Waals surface area contributed by atoms with Gasteiger partial charge in [-0.15, -0.1) is 0 Å². The van der Waals surface area contributed by atoms with Gasteiger partial charge in [0.15, 0.2) is 0 Å². The van der Waals surface area contributed by atoms with Crippen molar-refractivity contribution >= 4 is 21.8 Å². The zero-order valence-electron chi connectivity index (χ0n) is 8.13. The van der Waals surface area contributed by atoms with Crippen LogP contribution in [-0.4, -0.2) is 12.5 Å². The Labute approximate surface area is 91.5 Å². The number of halogens is 1. The third-order valence-electron chi connectivity index (χ3n) is 1.75. The van der Waals surface area contributed by atoms with Gasteiger partial charge in [-0.3, -0.25) is 9.63 Å². The molecule has 0 spiro atoms. The maximum atomic E-state index is 11.5. The molecule has 0 aliphatic carbocycles. The smallest absolute Gasteiger partial charge is 0.274 e. The Hall–Kier alpha value is -0.870. The van der Waals surface area contributed by atoms with Gasteiger partial charge in [0.25, 0.3) is 5.91 Å². The molecular weight excluding hydrogens is 246 g/mol. The summed E-state index contributed by atoms with van der Waals surface area (Å²) >= 11 is 3.31. The highest BCUT2D eigenvalue weighted by atomic mass is 79.9. The van der Waals surface area contributed by atoms with Gasteiger partial charge in [0.05, 0.1) is 6.61 Å². The first-order valence-electron chi connectivity index (χ1n) is 4.33. The summed E-state index contributed by atoms with van der Waals surface area (Å²) in [6.07, 6.45) is 0. The van der Waals surface area contributed by atoms with Crippen LogP contribution in [0.25, 0.3) is 0 Å². The Morgan fingerprint density at radius 2 is 2.29 bits per heavy atom. The molecule has 76 valence electrons. The predicted molar refractivity (Wildman–Crippen MR) is 58.0 cm³/mol. The summed E-state index contributed by atoms with van der Waals surface area (Å²) in [5.74, 6) is -0.217. The summed E-state index contributed by atoms with van der Waals surface area (Å²) in [4.78, 5) is 16.3. The number of aryl methyl sites for hydroxylation is 1. The van der Waals surface area contributed by atoms with E-state index in [4.69, 9.17) is 4.84 Å². The molecule has 0 atom stereocenters. The number of carbonyl (C=O) groups is 1. The molecule has 0 heterocycles. The molecule has 0 saturated carbocycles. The molecular formula is C10H12BrNO2. The van der Waals surface area contributed by atoms with E-state index in [9.17, 15) is 4.79 Å². The number of benzene rings is 1. The van der Waals surface area contributed by atoms with Crippen LogP contribution in [0.3, 0.4) is 0 Å². The van der Waals surface area contributed by atoms with Crippen molar-refractivity contribution in [1.29, 1.82) is 0 Å². The van der Waals surface area contributed by atoms with Gasteiger partial charge in [0.2, 0.25) is 0 Å². The lowest BCUT2D eigenvalue weighted by Gasteiger charge is -2.06. The van der Waals surface area contributed by atoms with Crippen LogP contribution in [0.1, 0.15) is 22.8 Å². The van der Waals surface area contributed by atoms with E-state index in [2.05, 4.69) is 21.4 Å². The van der Waals surface area contributed by atoms with Gasteiger partial charge in [-0.1, -0.05) is 22.0 Å². The summed E-state index contributed by atoms with van der Waals surface area (Å²) in [5.41, 5.74) is 3.90. The van der Waals surface area contributed by atoms with Crippen LogP contribution >= 0.6 is 15.9 Å². The van der Waals surface area contributed by atoms with Crippen molar-refractivity contribution in [3.8, 4) is 0 Å². The average molecular weight is 258 g/mol. The second-order valence-electron chi connectivity index (χ2n) is 2.82. The highest BCUT2D eigenvalue weighted by molar-refractivity contribution is 9.10. The van der Waals surface area contributed by atoms with E-state index in [1.54, 1.807) is 6.07 Å². The molecule has 1 aromatic carbocycles. The zero-order valence-corrected chi connectivity index (χ0v) is 9.72. The van der Waals surface area contributed by atoms with Crippen molar-refractivity contribution in [3.05, 3.63) is 33.8 Å². The quantitative estimate of drug-likeness (QED) is 0.845. The van der Waals surface area contributed by atoms with E-state index in [1.165, 1.54) is 0 Å². The lowest BCUT2D eigenvalue weighted by atomic mass is 10.1. The fourth-order valence-corrected chi connectivity index (χ4v) is 1.39. The van der Waals surface area contributed by atoms with Crippen LogP contribution < -0.4 is 5.48 Å². The molecule has 1 aromatic rings. The van der Waals surface area contributed by atoms with Crippen LogP contribution in [0.5, 0.6) is 0 Å². The van der Waals surface area contributed by atoms with Gasteiger partial charge in [-0.25, -0.2) is 5.48 Å². The first kappa shape index (κ1) is 11.2. The second-order valence-corrected chi connectivity index (χ2v) is 3.74. The molecule has 14 heavy (non-hydrogen) atoms. The molecule has 1 amide bonds. The van der Waals surface area contributed by atoms with Gasteiger partial charge in [0, 0.05) is 10.0 Å². The van der Waals surface area contributed by atoms with Crippen LogP contribution in [-0.2, 0) is 4.84 Å². The van der Waals surface area contributed by atoms with Crippen LogP contribution in [0, 0.1) is 6.92 Å². The Balaban J connectivity index is 2.83. The van der Waals surface area contributed by atoms with Crippen molar-refractivity contribution in [2.24, 2.45) is 0 Å². The maximum absolute atomic E-state index is 11.5. The van der Waals surface area contributed by atoms with Crippen molar-refractivity contribution in [2.45, 2.75) is 13.8 Å². The summed E-state index contributed by atoms with van der Waals surface area (Å²) in [5, 5.41) is 0. The zero-order chi connectivity index (χ0) is 10.6. The second kappa shape index (κ2) is 5.12. The third kappa shape index (κ3) is 2.82. The molecule has 3 nitrogen and oxygen atoms in total. The molecule has 0 aliphatic heterocycles. The van der Waals surface area contributed by atoms with Gasteiger partial charge in [0.1, 0.15) is 0 Å². The van der Waals surface area contributed by atoms with Crippen LogP contribution in [0.15, 0.2) is 22.7 Å². The van der Waals surface area contributed by atoms with Crippen molar-refractivity contribution < 1.29 is 9.63 Å². The van der Waals surface area contributed by atoms with E-state index in [0.717, 1.165) is 10.0 Å². The van der Waals surface area contributed by atoms with E-state index in [-0.39, 0.29) is 5.91 Å². The Morgan fingerprint density at radius 3 is 2.93 bits per heavy atom. The summed E-state index contributed by atoms with van der Waals surface area (Å²) in [6, 6.07) is 5.54. The third-order valence-corrected chi connectivity index (χ3v) is 2.25. The standard InChI is InChI=1S/C10H12BrNO2/c1-3-14-12-10(13)9-6-8(11)5-4-7(9)2/h4-6H,3H2,1-2H3,(H,12,13). The first-order chi connectivity index (χ1) is 6.65. The lowest BCUT2D eigenvalue weighted by Crippen LogP contribution is -2.24. The predicted octanol–water partition coefficient (Wildman–Crippen LogP) is 2.44. The minimum absolute atomic E-state index is 0.217. The number of amides is 1. The monoisotopic (exact) mass is 257 g/mol. The number of hydrogen-bond acceptors (Lipinski definition) is 2. The molecule has 0 fully saturated rings. The minimum atomic E-state index is -0.217. The van der Waals surface area contributed by atoms with Gasteiger partial charge >= 0.3 is 0 Å². The van der Waals surface area contributed by atoms with Crippen molar-refractivity contribution in [3.63, 3.8) is 0 Å². The molecule has 0 unspecified atom stereocenters. The Bertz CT molecular complexity index is 339. The van der Waals surface area contributed by atoms with Gasteiger partial charge in [-0.05, 0) is 31.5 Å². The van der Waals surface area contributed by atoms with E-state index in [0.29, 0.717) is 12.2 Å². The number of nitrogens with one attached hydrogen (secondary N) is 1. The topological polar surface area (TPSA) is 38.3 Å². The molecule has 1 rings (SSSR count). The molecule has 0 bridgehead atoms. The largest absolute Gasteiger partial charge is 0.275 e. The summed E-state index contributed by atoms with van der Waals surface area (Å²) in [6.45, 7) is 4.15. The number of hydroxylamine groups is 1. The minimum Gasteiger partial charge on any atom is -0.274 e. The fourth-order valence-electron chi connectivity index (χ4n) is 1.03. The van der Waals surface area contributed by atoms with Crippen LogP contribution in [0.2, 0.25) is 0 Å². The maximum Gasteiger partial charge on any atom is 0.275 e. The summed E-state index contributed by atoms with van der Waals surface area (Å²) < 4.78 is 0.879. The Kier molecular flexibility index (Phi) is 4.10. The normalized spacial score (nSPS) is 9.93. The van der Waals surface area contributed by atoms with Gasteiger partial charge in [-0.2, -0.15) is 0 Å². The molecule has 0 radical (unpaired) electrons. The average Bonchev–Trinajstić information content (AvgIpc) is 2.18. The molecule has 4 heteroatoms. The Morgan fingerprint density at radius 1 is 1.57 bits per heavy atom. The number of carbonyl (C=O) groups excluding carboxylic acids is 1. The summed E-state index contributed by atoms with van der Waals surface area (Å²) in [7, 11) is 0. The molecule has 0 aliphatic rings. The number of rotatable bonds is 3. The lowest BCUT2D eigenvalue weighted by molar-refractivity contribution is 0.0364. The first-order valence-corrected chi connectivity index (χ1v) is 5.12. The van der Waals surface area contributed by atoms with E-state index in [1.807, 2.05) is 26.0 Å². The highest BCUT2D eigenvalue weighted by Gasteiger charge is 2.08. The molecule has 0 saturated heterocycles. The van der Waals surface area contributed by atoms with Crippen LogP contribution in [0.4, 0.5) is 0 Å². The van der Waals surface area contributed by atoms with Gasteiger partial charge < -0.3 is 0 Å². The molecule has 1 N–H and O–H groups in total. The van der Waals surface area contributed by atoms with E-state index < -0.39 is 0 Å². The van der Waals surface area contributed by atoms with E-state index >= 15 is 0 Å². The molecule has 0 aromatic heterocycles. The number of hydrogen-bond donors (Lipinski definition) is 1.